The Labute approximate surface area is 104 Å². The molecule has 0 radical (unpaired) electrons. The van der Waals surface area contributed by atoms with E-state index < -0.39 is 0 Å². The van der Waals surface area contributed by atoms with E-state index in [4.69, 9.17) is 0 Å². The molecule has 0 saturated heterocycles. The Morgan fingerprint density at radius 2 is 2.00 bits per heavy atom. The lowest BCUT2D eigenvalue weighted by Crippen LogP contribution is -1.83. The molecule has 1 aromatic carbocycles. The quantitative estimate of drug-likeness (QED) is 0.709. The summed E-state index contributed by atoms with van der Waals surface area (Å²) in [7, 11) is 0.875. The highest BCUT2D eigenvalue weighted by molar-refractivity contribution is 7.31. The predicted octanol–water partition coefficient (Wildman–Crippen LogP) is 4.98. The molecule has 0 fully saturated rings. The van der Waals surface area contributed by atoms with Gasteiger partial charge in [0, 0.05) is 0 Å². The van der Waals surface area contributed by atoms with Gasteiger partial charge in [-0.05, 0) is 46.2 Å². The molecule has 1 unspecified atom stereocenters. The van der Waals surface area contributed by atoms with Gasteiger partial charge in [-0.3, -0.25) is 0 Å². The number of allylic oxidation sites excluding steroid dienone is 2. The van der Waals surface area contributed by atoms with Crippen LogP contribution < -0.4 is 0 Å². The van der Waals surface area contributed by atoms with Crippen LogP contribution in [0.1, 0.15) is 36.2 Å². The van der Waals surface area contributed by atoms with Crippen LogP contribution >= 0.6 is 8.19 Å². The van der Waals surface area contributed by atoms with Crippen LogP contribution in [0.4, 0.5) is 0 Å². The summed E-state index contributed by atoms with van der Waals surface area (Å²) in [5, 5.41) is 1.56. The van der Waals surface area contributed by atoms with Gasteiger partial charge in [-0.1, -0.05) is 49.7 Å². The van der Waals surface area contributed by atoms with Gasteiger partial charge in [0.15, 0.2) is 0 Å². The minimum Gasteiger partial charge on any atom is -0.132 e. The first-order chi connectivity index (χ1) is 8.40. The zero-order valence-electron chi connectivity index (χ0n) is 10.2. The van der Waals surface area contributed by atoms with Crippen molar-refractivity contribution in [3.63, 3.8) is 0 Å². The molecule has 1 aromatic heterocycles. The van der Waals surface area contributed by atoms with Gasteiger partial charge in [-0.25, -0.2) is 0 Å². The minimum atomic E-state index is 0.875. The largest absolute Gasteiger partial charge is 0.132 e. The Balaban J connectivity index is 2.11. The fourth-order valence-electron chi connectivity index (χ4n) is 2.74. The normalized spacial score (nSPS) is 14.6. The highest BCUT2D eigenvalue weighted by atomic mass is 31.0. The van der Waals surface area contributed by atoms with Crippen LogP contribution in [0, 0.1) is 0 Å². The third-order valence-electron chi connectivity index (χ3n) is 3.50. The summed E-state index contributed by atoms with van der Waals surface area (Å²) in [6.45, 7) is 2.27. The highest BCUT2D eigenvalue weighted by Gasteiger charge is 2.21. The summed E-state index contributed by atoms with van der Waals surface area (Å²) in [6.07, 6.45) is 3.59. The van der Waals surface area contributed by atoms with Crippen molar-refractivity contribution in [1.82, 2.24) is 0 Å². The van der Waals surface area contributed by atoms with Crippen LogP contribution in [0.25, 0.3) is 11.1 Å². The number of hydrogen-bond donors (Lipinski definition) is 0. The SMILES string of the molecule is CCCC1=C(c2ccc[pH]2)Cc2ccccc21. The van der Waals surface area contributed by atoms with E-state index >= 15 is 0 Å². The molecule has 3 rings (SSSR count). The molecule has 0 nitrogen and oxygen atoms in total. The van der Waals surface area contributed by atoms with Crippen LogP contribution in [0.3, 0.4) is 0 Å². The average Bonchev–Trinajstić information content (AvgIpc) is 2.97. The lowest BCUT2D eigenvalue weighted by atomic mass is 10.0. The number of hydrogen-bond acceptors (Lipinski definition) is 0. The minimum absolute atomic E-state index is 0.875. The van der Waals surface area contributed by atoms with Gasteiger partial charge in [0.2, 0.25) is 0 Å². The van der Waals surface area contributed by atoms with Gasteiger partial charge in [-0.15, -0.1) is 8.19 Å². The van der Waals surface area contributed by atoms with Crippen molar-refractivity contribution in [3.05, 3.63) is 58.6 Å². The molecule has 1 aliphatic rings. The second-order valence-corrected chi connectivity index (χ2v) is 5.79. The molecule has 1 heteroatoms. The number of rotatable bonds is 3. The predicted molar refractivity (Wildman–Crippen MR) is 77.8 cm³/mol. The summed E-state index contributed by atoms with van der Waals surface area (Å²) in [5.41, 5.74) is 6.23. The second-order valence-electron chi connectivity index (χ2n) is 4.62. The molecule has 0 N–H and O–H groups in total. The number of benzene rings is 1. The Morgan fingerprint density at radius 3 is 2.76 bits per heavy atom. The van der Waals surface area contributed by atoms with E-state index in [0.29, 0.717) is 0 Å². The van der Waals surface area contributed by atoms with Gasteiger partial charge in [0.25, 0.3) is 0 Å². The zero-order valence-corrected chi connectivity index (χ0v) is 11.2. The summed E-state index contributed by atoms with van der Waals surface area (Å²) in [5.74, 6) is 2.29. The molecule has 0 bridgehead atoms. The summed E-state index contributed by atoms with van der Waals surface area (Å²) in [6, 6.07) is 13.4. The van der Waals surface area contributed by atoms with Crippen molar-refractivity contribution >= 4 is 19.3 Å². The van der Waals surface area contributed by atoms with Gasteiger partial charge in [0.05, 0.1) is 0 Å². The van der Waals surface area contributed by atoms with Crippen molar-refractivity contribution < 1.29 is 0 Å². The molecule has 17 heavy (non-hydrogen) atoms. The topological polar surface area (TPSA) is 0 Å². The molecule has 0 spiro atoms. The fraction of sp³-hybridized carbons (Fsp3) is 0.250. The average molecular weight is 240 g/mol. The third-order valence-corrected chi connectivity index (χ3v) is 4.64. The maximum absolute atomic E-state index is 2.30. The van der Waals surface area contributed by atoms with Gasteiger partial charge < -0.3 is 0 Å². The Morgan fingerprint density at radius 1 is 1.12 bits per heavy atom. The molecule has 86 valence electrons. The maximum Gasteiger partial charge on any atom is -0.000764 e. The van der Waals surface area contributed by atoms with Crippen LogP contribution in [0.2, 0.25) is 0 Å². The third kappa shape index (κ3) is 1.87. The lowest BCUT2D eigenvalue weighted by Gasteiger charge is -2.06. The maximum atomic E-state index is 2.30. The molecule has 1 aliphatic carbocycles. The van der Waals surface area contributed by atoms with E-state index in [2.05, 4.69) is 49.1 Å². The zero-order chi connectivity index (χ0) is 11.7. The Bertz CT molecular complexity index is 547. The second kappa shape index (κ2) is 4.55. The van der Waals surface area contributed by atoms with Crippen molar-refractivity contribution in [1.29, 1.82) is 0 Å². The van der Waals surface area contributed by atoms with Crippen molar-refractivity contribution in [3.8, 4) is 0 Å². The first-order valence-corrected chi connectivity index (χ1v) is 7.42. The molecule has 1 heterocycles. The van der Waals surface area contributed by atoms with Crippen LogP contribution in [-0.2, 0) is 6.42 Å². The van der Waals surface area contributed by atoms with E-state index in [0.717, 1.165) is 14.6 Å². The molecule has 0 saturated carbocycles. The molecule has 2 aromatic rings. The van der Waals surface area contributed by atoms with E-state index in [9.17, 15) is 0 Å². The first-order valence-electron chi connectivity index (χ1n) is 6.34. The van der Waals surface area contributed by atoms with Crippen molar-refractivity contribution in [2.45, 2.75) is 26.2 Å². The van der Waals surface area contributed by atoms with Crippen LogP contribution in [0.5, 0.6) is 0 Å². The van der Waals surface area contributed by atoms with E-state index in [1.807, 2.05) is 0 Å². The lowest BCUT2D eigenvalue weighted by molar-refractivity contribution is 0.976. The van der Waals surface area contributed by atoms with Crippen molar-refractivity contribution in [2.75, 3.05) is 0 Å². The van der Waals surface area contributed by atoms with E-state index in [1.165, 1.54) is 24.0 Å². The van der Waals surface area contributed by atoms with Crippen LogP contribution in [0.15, 0.2) is 42.2 Å². The summed E-state index contributed by atoms with van der Waals surface area (Å²) < 4.78 is 0. The van der Waals surface area contributed by atoms with Gasteiger partial charge in [-0.2, -0.15) is 0 Å². The van der Waals surface area contributed by atoms with E-state index in [-0.39, 0.29) is 0 Å². The monoisotopic (exact) mass is 240 g/mol. The number of fused-ring (bicyclic) bond motifs is 1. The molecule has 0 aliphatic heterocycles. The smallest absolute Gasteiger partial charge is 0.000764 e. The summed E-state index contributed by atoms with van der Waals surface area (Å²) in [4.78, 5) is 0. The molecule has 1 atom stereocenters. The van der Waals surface area contributed by atoms with E-state index in [1.54, 1.807) is 16.4 Å². The first kappa shape index (κ1) is 10.9. The summed E-state index contributed by atoms with van der Waals surface area (Å²) >= 11 is 0. The Hall–Kier alpha value is -1.26. The molecular formula is C16H17P. The molecular weight excluding hydrogens is 223 g/mol. The Kier molecular flexibility index (Phi) is 2.91. The van der Waals surface area contributed by atoms with Gasteiger partial charge in [0.1, 0.15) is 0 Å². The van der Waals surface area contributed by atoms with Crippen LogP contribution in [-0.4, -0.2) is 0 Å². The van der Waals surface area contributed by atoms with Crippen molar-refractivity contribution in [2.24, 2.45) is 0 Å². The van der Waals surface area contributed by atoms with Gasteiger partial charge >= 0.3 is 0 Å². The highest BCUT2D eigenvalue weighted by Crippen LogP contribution is 2.42. The standard InChI is InChI=1S/C16H17P/c1-2-6-14-13-8-4-3-7-12(13)11-15(14)16-9-5-10-17-16/h3-5,7-10,17H,2,6,11H2,1H3. The molecule has 0 amide bonds. The fourth-order valence-corrected chi connectivity index (χ4v) is 3.72.